The van der Waals surface area contributed by atoms with Gasteiger partial charge in [-0.15, -0.1) is 0 Å². The van der Waals surface area contributed by atoms with E-state index < -0.39 is 0 Å². The number of rotatable bonds is 5. The van der Waals surface area contributed by atoms with Crippen LogP contribution >= 0.6 is 27.5 Å². The highest BCUT2D eigenvalue weighted by atomic mass is 79.9. The number of hydrogen-bond donors (Lipinski definition) is 2. The van der Waals surface area contributed by atoms with Crippen LogP contribution in [0.2, 0.25) is 5.02 Å². The first kappa shape index (κ1) is 14.5. The van der Waals surface area contributed by atoms with Crippen molar-refractivity contribution >= 4 is 27.5 Å². The summed E-state index contributed by atoms with van der Waals surface area (Å²) in [7, 11) is 0. The van der Waals surface area contributed by atoms with Gasteiger partial charge in [-0.1, -0.05) is 63.9 Å². The van der Waals surface area contributed by atoms with Crippen LogP contribution in [0.25, 0.3) is 0 Å². The van der Waals surface area contributed by atoms with Gasteiger partial charge in [-0.05, 0) is 23.3 Å². The summed E-state index contributed by atoms with van der Waals surface area (Å²) in [5, 5.41) is 13.5. The Kier molecular flexibility index (Phi) is 5.40. The third kappa shape index (κ3) is 4.05. The van der Waals surface area contributed by atoms with Gasteiger partial charge in [0.15, 0.2) is 0 Å². The number of benzene rings is 2. The molecule has 0 aliphatic carbocycles. The summed E-state index contributed by atoms with van der Waals surface area (Å²) in [6.45, 7) is 0.701. The second-order valence-corrected chi connectivity index (χ2v) is 5.59. The monoisotopic (exact) mass is 339 g/mol. The van der Waals surface area contributed by atoms with Crippen molar-refractivity contribution in [3.8, 4) is 0 Å². The van der Waals surface area contributed by atoms with Gasteiger partial charge in [-0.2, -0.15) is 0 Å². The molecule has 0 bridgehead atoms. The van der Waals surface area contributed by atoms with Crippen LogP contribution in [0, 0.1) is 0 Å². The molecular weight excluding hydrogens is 326 g/mol. The lowest BCUT2D eigenvalue weighted by Crippen LogP contribution is -2.24. The van der Waals surface area contributed by atoms with E-state index in [-0.39, 0.29) is 12.6 Å². The maximum absolute atomic E-state index is 9.52. The van der Waals surface area contributed by atoms with Crippen LogP contribution in [0.1, 0.15) is 17.2 Å². The maximum Gasteiger partial charge on any atom is 0.0627 e. The number of halogens is 2. The molecular formula is C15H15BrClNO. The fourth-order valence-electron chi connectivity index (χ4n) is 1.89. The van der Waals surface area contributed by atoms with Gasteiger partial charge < -0.3 is 10.4 Å². The third-order valence-electron chi connectivity index (χ3n) is 2.92. The molecule has 19 heavy (non-hydrogen) atoms. The average molecular weight is 341 g/mol. The summed E-state index contributed by atoms with van der Waals surface area (Å²) in [6.07, 6.45) is 0. The lowest BCUT2D eigenvalue weighted by Gasteiger charge is -2.18. The minimum absolute atomic E-state index is 0.00812. The molecule has 0 radical (unpaired) electrons. The Morgan fingerprint density at radius 3 is 2.53 bits per heavy atom. The molecule has 0 aromatic heterocycles. The topological polar surface area (TPSA) is 32.3 Å². The van der Waals surface area contributed by atoms with Gasteiger partial charge in [0.1, 0.15) is 0 Å². The summed E-state index contributed by atoms with van der Waals surface area (Å²) in [5.41, 5.74) is 2.08. The Bertz CT molecular complexity index is 533. The smallest absolute Gasteiger partial charge is 0.0627 e. The zero-order chi connectivity index (χ0) is 13.7. The number of nitrogens with one attached hydrogen (secondary N) is 1. The number of aliphatic hydroxyl groups is 1. The first-order valence-corrected chi connectivity index (χ1v) is 7.21. The van der Waals surface area contributed by atoms with E-state index in [1.807, 2.05) is 48.5 Å². The second kappa shape index (κ2) is 7.06. The first-order valence-electron chi connectivity index (χ1n) is 6.04. The molecule has 1 atom stereocenters. The Balaban J connectivity index is 2.08. The highest BCUT2D eigenvalue weighted by Gasteiger charge is 2.13. The molecule has 0 aliphatic rings. The van der Waals surface area contributed by atoms with Crippen LogP contribution in [0.5, 0.6) is 0 Å². The van der Waals surface area contributed by atoms with Gasteiger partial charge in [-0.25, -0.2) is 0 Å². The second-order valence-electron chi connectivity index (χ2n) is 4.27. The van der Waals surface area contributed by atoms with Gasteiger partial charge in [0, 0.05) is 16.0 Å². The molecule has 100 valence electrons. The largest absolute Gasteiger partial charge is 0.394 e. The molecule has 0 spiro atoms. The normalized spacial score (nSPS) is 12.4. The van der Waals surface area contributed by atoms with Crippen LogP contribution in [0.15, 0.2) is 53.0 Å². The first-order chi connectivity index (χ1) is 9.20. The van der Waals surface area contributed by atoms with E-state index in [0.29, 0.717) is 11.6 Å². The molecule has 0 saturated heterocycles. The van der Waals surface area contributed by atoms with E-state index in [1.165, 1.54) is 5.56 Å². The van der Waals surface area contributed by atoms with Crippen molar-refractivity contribution in [2.24, 2.45) is 0 Å². The zero-order valence-corrected chi connectivity index (χ0v) is 12.7. The van der Waals surface area contributed by atoms with E-state index in [1.54, 1.807) is 0 Å². The van der Waals surface area contributed by atoms with E-state index in [9.17, 15) is 5.11 Å². The van der Waals surface area contributed by atoms with Crippen LogP contribution in [-0.4, -0.2) is 11.7 Å². The molecule has 0 fully saturated rings. The molecule has 0 aliphatic heterocycles. The molecule has 0 heterocycles. The van der Waals surface area contributed by atoms with Crippen molar-refractivity contribution < 1.29 is 5.11 Å². The van der Waals surface area contributed by atoms with Gasteiger partial charge in [0.25, 0.3) is 0 Å². The van der Waals surface area contributed by atoms with Gasteiger partial charge in [-0.3, -0.25) is 0 Å². The standard InChI is InChI=1S/C15H15BrClNO/c16-12-6-7-13(14(17)8-12)15(10-19)18-9-11-4-2-1-3-5-11/h1-8,15,18-19H,9-10H2. The molecule has 2 nitrogen and oxygen atoms in total. The third-order valence-corrected chi connectivity index (χ3v) is 3.74. The average Bonchev–Trinajstić information content (AvgIpc) is 2.42. The van der Waals surface area contributed by atoms with Crippen LogP contribution < -0.4 is 5.32 Å². The Labute approximate surface area is 126 Å². The molecule has 0 saturated carbocycles. The summed E-state index contributed by atoms with van der Waals surface area (Å²) < 4.78 is 0.931. The predicted octanol–water partition coefficient (Wildman–Crippen LogP) is 3.93. The minimum Gasteiger partial charge on any atom is -0.394 e. The zero-order valence-electron chi connectivity index (χ0n) is 10.3. The van der Waals surface area contributed by atoms with Crippen molar-refractivity contribution in [3.05, 3.63) is 69.2 Å². The van der Waals surface area contributed by atoms with Crippen LogP contribution in [0.3, 0.4) is 0 Å². The van der Waals surface area contributed by atoms with E-state index in [2.05, 4.69) is 21.2 Å². The van der Waals surface area contributed by atoms with Crippen LogP contribution in [0.4, 0.5) is 0 Å². The molecule has 2 aromatic rings. The molecule has 1 unspecified atom stereocenters. The van der Waals surface area contributed by atoms with Crippen molar-refractivity contribution in [2.45, 2.75) is 12.6 Å². The maximum atomic E-state index is 9.52. The summed E-state index contributed by atoms with van der Waals surface area (Å²) >= 11 is 9.58. The molecule has 4 heteroatoms. The lowest BCUT2D eigenvalue weighted by molar-refractivity contribution is 0.243. The molecule has 0 amide bonds. The fraction of sp³-hybridized carbons (Fsp3) is 0.200. The SMILES string of the molecule is OCC(NCc1ccccc1)c1ccc(Br)cc1Cl. The summed E-state index contributed by atoms with van der Waals surface area (Å²) in [6, 6.07) is 15.6. The molecule has 2 N–H and O–H groups in total. The molecule has 2 rings (SSSR count). The molecule has 2 aromatic carbocycles. The Morgan fingerprint density at radius 1 is 1.16 bits per heavy atom. The van der Waals surface area contributed by atoms with Crippen LogP contribution in [-0.2, 0) is 6.54 Å². The van der Waals surface area contributed by atoms with Gasteiger partial charge in [0.2, 0.25) is 0 Å². The summed E-state index contributed by atoms with van der Waals surface area (Å²) in [5.74, 6) is 0. The Hall–Kier alpha value is -0.870. The summed E-state index contributed by atoms with van der Waals surface area (Å²) in [4.78, 5) is 0. The number of hydrogen-bond acceptors (Lipinski definition) is 2. The van der Waals surface area contributed by atoms with Crippen molar-refractivity contribution in [1.29, 1.82) is 0 Å². The lowest BCUT2D eigenvalue weighted by atomic mass is 10.1. The number of aliphatic hydroxyl groups excluding tert-OH is 1. The van der Waals surface area contributed by atoms with E-state index in [0.717, 1.165) is 10.0 Å². The fourth-order valence-corrected chi connectivity index (χ4v) is 2.70. The van der Waals surface area contributed by atoms with Gasteiger partial charge >= 0.3 is 0 Å². The Morgan fingerprint density at radius 2 is 1.89 bits per heavy atom. The highest BCUT2D eigenvalue weighted by Crippen LogP contribution is 2.26. The predicted molar refractivity (Wildman–Crippen MR) is 82.3 cm³/mol. The van der Waals surface area contributed by atoms with E-state index in [4.69, 9.17) is 11.6 Å². The van der Waals surface area contributed by atoms with E-state index >= 15 is 0 Å². The van der Waals surface area contributed by atoms with Crippen molar-refractivity contribution in [3.63, 3.8) is 0 Å². The van der Waals surface area contributed by atoms with Gasteiger partial charge in [0.05, 0.1) is 12.6 Å². The van der Waals surface area contributed by atoms with Crippen molar-refractivity contribution in [1.82, 2.24) is 5.32 Å². The quantitative estimate of drug-likeness (QED) is 0.864. The van der Waals surface area contributed by atoms with Crippen molar-refractivity contribution in [2.75, 3.05) is 6.61 Å². The highest BCUT2D eigenvalue weighted by molar-refractivity contribution is 9.10. The minimum atomic E-state index is -0.166.